The Morgan fingerprint density at radius 2 is 1.62 bits per heavy atom. The average molecular weight is 599 g/mol. The lowest BCUT2D eigenvalue weighted by molar-refractivity contribution is -0.116. The first kappa shape index (κ1) is 32.1. The van der Waals surface area contributed by atoms with Crippen LogP contribution in [0.1, 0.15) is 73.4 Å². The Morgan fingerprint density at radius 1 is 0.952 bits per heavy atom. The summed E-state index contributed by atoms with van der Waals surface area (Å²) in [5.41, 5.74) is 3.41. The fourth-order valence-electron chi connectivity index (χ4n) is 5.80. The van der Waals surface area contributed by atoms with E-state index in [9.17, 15) is 18.0 Å². The Kier molecular flexibility index (Phi) is 11.5. The summed E-state index contributed by atoms with van der Waals surface area (Å²) in [5.74, 6) is -0.143. The second kappa shape index (κ2) is 15.1. The summed E-state index contributed by atoms with van der Waals surface area (Å²) in [6.07, 6.45) is 8.14. The molecular formula is C32H46N4O5S. The molecule has 2 aliphatic heterocycles. The minimum absolute atomic E-state index is 0.0209. The highest BCUT2D eigenvalue weighted by atomic mass is 32.2. The van der Waals surface area contributed by atoms with Gasteiger partial charge >= 0.3 is 0 Å². The highest BCUT2D eigenvalue weighted by molar-refractivity contribution is 7.89. The van der Waals surface area contributed by atoms with Crippen LogP contribution in [0.25, 0.3) is 0 Å². The van der Waals surface area contributed by atoms with Crippen molar-refractivity contribution < 1.29 is 22.7 Å². The molecule has 0 spiro atoms. The zero-order valence-corrected chi connectivity index (χ0v) is 26.1. The highest BCUT2D eigenvalue weighted by Crippen LogP contribution is 2.28. The van der Waals surface area contributed by atoms with Crippen molar-refractivity contribution in [3.05, 3.63) is 59.2 Å². The molecule has 1 fully saturated rings. The maximum atomic E-state index is 13.3. The van der Waals surface area contributed by atoms with Crippen LogP contribution in [0.4, 0.5) is 5.69 Å². The van der Waals surface area contributed by atoms with Crippen molar-refractivity contribution in [3.8, 4) is 0 Å². The molecule has 2 aromatic rings. The third-order valence-electron chi connectivity index (χ3n) is 8.32. The molecule has 0 radical (unpaired) electrons. The van der Waals surface area contributed by atoms with Crippen molar-refractivity contribution in [2.24, 2.45) is 0 Å². The lowest BCUT2D eigenvalue weighted by Gasteiger charge is -2.36. The zero-order chi connectivity index (χ0) is 30.1. The van der Waals surface area contributed by atoms with Crippen LogP contribution in [0, 0.1) is 0 Å². The van der Waals surface area contributed by atoms with Crippen molar-refractivity contribution in [1.82, 2.24) is 14.5 Å². The molecule has 0 bridgehead atoms. The number of rotatable bonds is 7. The van der Waals surface area contributed by atoms with Crippen LogP contribution in [0.2, 0.25) is 0 Å². The number of amides is 2. The molecule has 2 aromatic carbocycles. The third kappa shape index (κ3) is 8.40. The van der Waals surface area contributed by atoms with E-state index in [0.717, 1.165) is 68.7 Å². The van der Waals surface area contributed by atoms with Gasteiger partial charge in [0, 0.05) is 71.2 Å². The standard InChI is InChI=1S/C32H46N4O5S/c1-25(37)36-20-8-6-4-5-7-19-35(29-16-21-41-22-17-29)24-28-23-27(11-14-31(28)36)32(38)33-18-15-26-9-12-30(13-10-26)42(39,40)34(2)3/h9-14,23,29H,4-8,15-22,24H2,1-3H3,(H,33,38). The summed E-state index contributed by atoms with van der Waals surface area (Å²) in [6.45, 7) is 5.94. The predicted molar refractivity (Wildman–Crippen MR) is 165 cm³/mol. The van der Waals surface area contributed by atoms with Crippen LogP contribution in [0.15, 0.2) is 47.4 Å². The van der Waals surface area contributed by atoms with Crippen LogP contribution in [-0.2, 0) is 32.5 Å². The topological polar surface area (TPSA) is 99.3 Å². The number of sulfonamides is 1. The van der Waals surface area contributed by atoms with Crippen molar-refractivity contribution in [3.63, 3.8) is 0 Å². The average Bonchev–Trinajstić information content (AvgIpc) is 2.97. The molecule has 10 heteroatoms. The maximum Gasteiger partial charge on any atom is 0.251 e. The number of benzene rings is 2. The van der Waals surface area contributed by atoms with Crippen LogP contribution in [-0.4, -0.2) is 82.4 Å². The molecule has 230 valence electrons. The Balaban J connectivity index is 1.50. The molecule has 2 heterocycles. The van der Waals surface area contributed by atoms with Crippen LogP contribution in [0.3, 0.4) is 0 Å². The number of fused-ring (bicyclic) bond motifs is 1. The fraction of sp³-hybridized carbons (Fsp3) is 0.562. The van der Waals surface area contributed by atoms with Gasteiger partial charge in [-0.2, -0.15) is 0 Å². The van der Waals surface area contributed by atoms with E-state index in [0.29, 0.717) is 37.7 Å². The van der Waals surface area contributed by atoms with Crippen LogP contribution >= 0.6 is 0 Å². The van der Waals surface area contributed by atoms with E-state index < -0.39 is 10.0 Å². The number of carbonyl (C=O) groups is 2. The minimum Gasteiger partial charge on any atom is -0.381 e. The van der Waals surface area contributed by atoms with Crippen molar-refractivity contribution in [2.45, 2.75) is 75.8 Å². The SMILES string of the molecule is CC(=O)N1CCCCCCCN(C2CCOCC2)Cc2cc(C(=O)NCCc3ccc(S(=O)(=O)N(C)C)cc3)ccc21. The molecule has 42 heavy (non-hydrogen) atoms. The molecule has 1 saturated heterocycles. The molecule has 0 aromatic heterocycles. The Bertz CT molecular complexity index is 1310. The van der Waals surface area contributed by atoms with E-state index in [1.54, 1.807) is 31.2 Å². The predicted octanol–water partition coefficient (Wildman–Crippen LogP) is 4.21. The van der Waals surface area contributed by atoms with E-state index in [4.69, 9.17) is 4.74 Å². The van der Waals surface area contributed by atoms with Gasteiger partial charge < -0.3 is 15.0 Å². The van der Waals surface area contributed by atoms with E-state index in [1.807, 2.05) is 23.1 Å². The van der Waals surface area contributed by atoms with Crippen LogP contribution < -0.4 is 10.2 Å². The largest absolute Gasteiger partial charge is 0.381 e. The monoisotopic (exact) mass is 598 g/mol. The van der Waals surface area contributed by atoms with Gasteiger partial charge in [-0.3, -0.25) is 14.5 Å². The van der Waals surface area contributed by atoms with Gasteiger partial charge in [0.15, 0.2) is 0 Å². The molecule has 2 amide bonds. The van der Waals surface area contributed by atoms with Crippen molar-refractivity contribution in [2.75, 3.05) is 51.8 Å². The second-order valence-corrected chi connectivity index (χ2v) is 13.7. The summed E-state index contributed by atoms with van der Waals surface area (Å²) in [6, 6.07) is 12.9. The van der Waals surface area contributed by atoms with Gasteiger partial charge in [0.2, 0.25) is 15.9 Å². The molecule has 0 unspecified atom stereocenters. The van der Waals surface area contributed by atoms with Gasteiger partial charge in [0.1, 0.15) is 0 Å². The molecule has 0 saturated carbocycles. The van der Waals surface area contributed by atoms with Gasteiger partial charge in [0.25, 0.3) is 5.91 Å². The molecule has 4 rings (SSSR count). The van der Waals surface area contributed by atoms with E-state index >= 15 is 0 Å². The number of hydrogen-bond acceptors (Lipinski definition) is 6. The maximum absolute atomic E-state index is 13.3. The molecule has 0 aliphatic carbocycles. The lowest BCUT2D eigenvalue weighted by atomic mass is 10.0. The number of nitrogens with one attached hydrogen (secondary N) is 1. The zero-order valence-electron chi connectivity index (χ0n) is 25.3. The smallest absolute Gasteiger partial charge is 0.251 e. The Hall–Kier alpha value is -2.79. The third-order valence-corrected chi connectivity index (χ3v) is 10.2. The van der Waals surface area contributed by atoms with Gasteiger partial charge in [-0.1, -0.05) is 31.4 Å². The number of carbonyl (C=O) groups excluding carboxylic acids is 2. The summed E-state index contributed by atoms with van der Waals surface area (Å²) >= 11 is 0. The van der Waals surface area contributed by atoms with Gasteiger partial charge in [-0.15, -0.1) is 0 Å². The van der Waals surface area contributed by atoms with Crippen molar-refractivity contribution >= 4 is 27.5 Å². The number of hydrogen-bond donors (Lipinski definition) is 1. The first-order valence-electron chi connectivity index (χ1n) is 15.2. The summed E-state index contributed by atoms with van der Waals surface area (Å²) in [4.78, 5) is 30.6. The molecule has 1 N–H and O–H groups in total. The van der Waals surface area contributed by atoms with E-state index in [2.05, 4.69) is 10.2 Å². The van der Waals surface area contributed by atoms with E-state index in [-0.39, 0.29) is 16.7 Å². The lowest BCUT2D eigenvalue weighted by Crippen LogP contribution is -2.40. The Labute approximate surface area is 251 Å². The first-order chi connectivity index (χ1) is 20.2. The Morgan fingerprint density at radius 3 is 2.29 bits per heavy atom. The van der Waals surface area contributed by atoms with E-state index in [1.165, 1.54) is 31.2 Å². The number of anilines is 1. The van der Waals surface area contributed by atoms with Gasteiger partial charge in [-0.25, -0.2) is 12.7 Å². The summed E-state index contributed by atoms with van der Waals surface area (Å²) in [7, 11) is -0.459. The molecule has 0 atom stereocenters. The molecule has 9 nitrogen and oxygen atoms in total. The normalized spacial score (nSPS) is 18.1. The fourth-order valence-corrected chi connectivity index (χ4v) is 6.70. The second-order valence-electron chi connectivity index (χ2n) is 11.5. The number of ether oxygens (including phenoxy) is 1. The number of nitrogens with zero attached hydrogens (tertiary/aromatic N) is 3. The van der Waals surface area contributed by atoms with Gasteiger partial charge in [-0.05, 0) is 80.1 Å². The quantitative estimate of drug-likeness (QED) is 0.513. The summed E-state index contributed by atoms with van der Waals surface area (Å²) in [5, 5.41) is 3.02. The summed E-state index contributed by atoms with van der Waals surface area (Å²) < 4.78 is 31.5. The van der Waals surface area contributed by atoms with Crippen LogP contribution in [0.5, 0.6) is 0 Å². The van der Waals surface area contributed by atoms with Gasteiger partial charge in [0.05, 0.1) is 4.90 Å². The first-order valence-corrected chi connectivity index (χ1v) is 16.6. The van der Waals surface area contributed by atoms with Crippen molar-refractivity contribution in [1.29, 1.82) is 0 Å². The molecular weight excluding hydrogens is 552 g/mol. The molecule has 2 aliphatic rings. The minimum atomic E-state index is -3.48. The highest BCUT2D eigenvalue weighted by Gasteiger charge is 2.25.